The van der Waals surface area contributed by atoms with Crippen molar-refractivity contribution >= 4 is 5.78 Å². The first kappa shape index (κ1) is 11.4. The monoisotopic (exact) mass is 169 g/mol. The molecule has 0 radical (unpaired) electrons. The summed E-state index contributed by atoms with van der Waals surface area (Å²) < 4.78 is 0. The maximum Gasteiger partial charge on any atom is 0.134 e. The molecule has 0 aromatic rings. The molecule has 0 aromatic carbocycles. The van der Waals surface area contributed by atoms with Crippen LogP contribution in [0.1, 0.15) is 20.3 Å². The number of hydrogen-bond donors (Lipinski definition) is 0. The van der Waals surface area contributed by atoms with Crippen molar-refractivity contribution in [2.75, 3.05) is 20.6 Å². The molecule has 0 aliphatic heterocycles. The molecule has 2 nitrogen and oxygen atoms in total. The minimum atomic E-state index is 0.123. The second-order valence-electron chi connectivity index (χ2n) is 3.73. The largest absolute Gasteiger partial charge is 0.309 e. The van der Waals surface area contributed by atoms with E-state index < -0.39 is 0 Å². The zero-order valence-corrected chi connectivity index (χ0v) is 8.55. The molecule has 0 N–H and O–H groups in total. The van der Waals surface area contributed by atoms with Crippen molar-refractivity contribution in [1.29, 1.82) is 0 Å². The van der Waals surface area contributed by atoms with Gasteiger partial charge in [0, 0.05) is 12.5 Å². The van der Waals surface area contributed by atoms with E-state index in [1.165, 1.54) is 0 Å². The highest BCUT2D eigenvalue weighted by Crippen LogP contribution is 2.11. The molecule has 0 aliphatic rings. The lowest BCUT2D eigenvalue weighted by Gasteiger charge is -2.18. The van der Waals surface area contributed by atoms with Crippen LogP contribution in [0, 0.1) is 5.92 Å². The number of Topliss-reactive ketones (excluding diaryl/α,β-unsaturated/α-hetero) is 1. The number of ketones is 1. The van der Waals surface area contributed by atoms with Crippen molar-refractivity contribution in [1.82, 2.24) is 4.90 Å². The molecule has 2 heteroatoms. The molecule has 0 rings (SSSR count). The molecule has 0 saturated carbocycles. The molecule has 0 aliphatic carbocycles. The zero-order valence-electron chi connectivity index (χ0n) is 8.55. The number of carbonyl (C=O) groups excluding carboxylic acids is 1. The number of carbonyl (C=O) groups is 1. The average Bonchev–Trinajstić information content (AvgIpc) is 1.83. The Kier molecular flexibility index (Phi) is 4.83. The number of allylic oxidation sites excluding steroid dienone is 1. The summed E-state index contributed by atoms with van der Waals surface area (Å²) in [7, 11) is 3.96. The summed E-state index contributed by atoms with van der Waals surface area (Å²) in [5.74, 6) is 0.379. The highest BCUT2D eigenvalue weighted by Gasteiger charge is 2.14. The van der Waals surface area contributed by atoms with Crippen LogP contribution >= 0.6 is 0 Å². The summed E-state index contributed by atoms with van der Waals surface area (Å²) in [5, 5.41) is 0. The fraction of sp³-hybridized carbons (Fsp3) is 0.700. The summed E-state index contributed by atoms with van der Waals surface area (Å²) in [6, 6.07) is 0. The van der Waals surface area contributed by atoms with Crippen LogP contribution in [0.4, 0.5) is 0 Å². The first-order valence-electron chi connectivity index (χ1n) is 4.23. The Morgan fingerprint density at radius 3 is 2.17 bits per heavy atom. The van der Waals surface area contributed by atoms with Gasteiger partial charge in [0.2, 0.25) is 0 Å². The quantitative estimate of drug-likeness (QED) is 0.584. The fourth-order valence-electron chi connectivity index (χ4n) is 1.20. The Labute approximate surface area is 75.3 Å². The maximum atomic E-state index is 11.1. The summed E-state index contributed by atoms with van der Waals surface area (Å²) in [6.45, 7) is 8.25. The van der Waals surface area contributed by atoms with Gasteiger partial charge in [-0.3, -0.25) is 4.79 Å². The van der Waals surface area contributed by atoms with Gasteiger partial charge < -0.3 is 4.90 Å². The van der Waals surface area contributed by atoms with E-state index in [2.05, 4.69) is 6.58 Å². The normalized spacial score (nSPS) is 13.1. The third kappa shape index (κ3) is 5.08. The van der Waals surface area contributed by atoms with E-state index in [0.717, 1.165) is 18.5 Å². The van der Waals surface area contributed by atoms with Gasteiger partial charge in [-0.25, -0.2) is 0 Å². The Balaban J connectivity index is 4.04. The average molecular weight is 169 g/mol. The second kappa shape index (κ2) is 5.09. The van der Waals surface area contributed by atoms with Crippen LogP contribution < -0.4 is 0 Å². The van der Waals surface area contributed by atoms with Crippen molar-refractivity contribution in [3.05, 3.63) is 12.2 Å². The van der Waals surface area contributed by atoms with Gasteiger partial charge in [0.25, 0.3) is 0 Å². The summed E-state index contributed by atoms with van der Waals surface area (Å²) >= 11 is 0. The van der Waals surface area contributed by atoms with E-state index in [1.807, 2.05) is 25.9 Å². The van der Waals surface area contributed by atoms with E-state index in [0.29, 0.717) is 0 Å². The van der Waals surface area contributed by atoms with Gasteiger partial charge in [0.05, 0.1) is 0 Å². The fourth-order valence-corrected chi connectivity index (χ4v) is 1.20. The molecule has 0 heterocycles. The number of rotatable bonds is 5. The molecule has 0 fully saturated rings. The minimum absolute atomic E-state index is 0.123. The topological polar surface area (TPSA) is 20.3 Å². The molecule has 0 bridgehead atoms. The minimum Gasteiger partial charge on any atom is -0.309 e. The van der Waals surface area contributed by atoms with Gasteiger partial charge in [-0.15, -0.1) is 6.58 Å². The predicted molar refractivity (Wildman–Crippen MR) is 52.2 cm³/mol. The second-order valence-corrected chi connectivity index (χ2v) is 3.73. The van der Waals surface area contributed by atoms with Crippen LogP contribution in [-0.2, 0) is 4.79 Å². The van der Waals surface area contributed by atoms with Crippen LogP contribution in [-0.4, -0.2) is 31.3 Å². The third-order valence-electron chi connectivity index (χ3n) is 1.76. The van der Waals surface area contributed by atoms with Crippen molar-refractivity contribution in [2.45, 2.75) is 20.3 Å². The Hall–Kier alpha value is -0.630. The van der Waals surface area contributed by atoms with Crippen molar-refractivity contribution in [3.8, 4) is 0 Å². The molecule has 0 unspecified atom stereocenters. The van der Waals surface area contributed by atoms with Crippen molar-refractivity contribution < 1.29 is 4.79 Å². The molecule has 0 saturated heterocycles. The van der Waals surface area contributed by atoms with Crippen LogP contribution in [0.5, 0.6) is 0 Å². The van der Waals surface area contributed by atoms with Crippen molar-refractivity contribution in [3.63, 3.8) is 0 Å². The van der Waals surface area contributed by atoms with Gasteiger partial charge in [-0.1, -0.05) is 5.57 Å². The Morgan fingerprint density at radius 1 is 1.42 bits per heavy atom. The number of hydrogen-bond acceptors (Lipinski definition) is 2. The van der Waals surface area contributed by atoms with E-state index in [1.54, 1.807) is 6.92 Å². The van der Waals surface area contributed by atoms with Gasteiger partial charge in [0.15, 0.2) is 0 Å². The van der Waals surface area contributed by atoms with Gasteiger partial charge in [0.1, 0.15) is 5.78 Å². The molecule has 1 atom stereocenters. The summed E-state index contributed by atoms with van der Waals surface area (Å²) in [5.41, 5.74) is 1.08. The molecular formula is C10H19NO. The summed E-state index contributed by atoms with van der Waals surface area (Å²) in [6.07, 6.45) is 0.813. The highest BCUT2D eigenvalue weighted by atomic mass is 16.1. The molecule has 0 spiro atoms. The highest BCUT2D eigenvalue weighted by molar-refractivity contribution is 5.78. The lowest BCUT2D eigenvalue weighted by molar-refractivity contribution is -0.121. The first-order valence-corrected chi connectivity index (χ1v) is 4.23. The van der Waals surface area contributed by atoms with Crippen LogP contribution in [0.2, 0.25) is 0 Å². The SMILES string of the molecule is C=C(C)C[C@H](CN(C)C)C(C)=O. The predicted octanol–water partition coefficient (Wildman–Crippen LogP) is 1.72. The smallest absolute Gasteiger partial charge is 0.134 e. The third-order valence-corrected chi connectivity index (χ3v) is 1.76. The van der Waals surface area contributed by atoms with E-state index in [-0.39, 0.29) is 11.7 Å². The maximum absolute atomic E-state index is 11.1. The van der Waals surface area contributed by atoms with Crippen LogP contribution in [0.15, 0.2) is 12.2 Å². The molecule has 12 heavy (non-hydrogen) atoms. The van der Waals surface area contributed by atoms with E-state index in [9.17, 15) is 4.79 Å². The zero-order chi connectivity index (χ0) is 9.72. The standard InChI is InChI=1S/C10H19NO/c1-8(2)6-10(9(3)12)7-11(4)5/h10H,1,6-7H2,2-5H3/t10-/m1/s1. The Bertz CT molecular complexity index is 173. The molecule has 0 amide bonds. The van der Waals surface area contributed by atoms with E-state index >= 15 is 0 Å². The summed E-state index contributed by atoms with van der Waals surface area (Å²) in [4.78, 5) is 13.2. The Morgan fingerprint density at radius 2 is 1.92 bits per heavy atom. The van der Waals surface area contributed by atoms with Crippen LogP contribution in [0.25, 0.3) is 0 Å². The van der Waals surface area contributed by atoms with Gasteiger partial charge in [-0.2, -0.15) is 0 Å². The lowest BCUT2D eigenvalue weighted by Crippen LogP contribution is -2.26. The molecule has 70 valence electrons. The number of nitrogens with zero attached hydrogens (tertiary/aromatic N) is 1. The lowest BCUT2D eigenvalue weighted by atomic mass is 9.97. The van der Waals surface area contributed by atoms with Gasteiger partial charge >= 0.3 is 0 Å². The van der Waals surface area contributed by atoms with E-state index in [4.69, 9.17) is 0 Å². The molecule has 0 aromatic heterocycles. The first-order chi connectivity index (χ1) is 5.43. The van der Waals surface area contributed by atoms with Gasteiger partial charge in [-0.05, 0) is 34.4 Å². The molecular weight excluding hydrogens is 150 g/mol. The van der Waals surface area contributed by atoms with Crippen molar-refractivity contribution in [2.24, 2.45) is 5.92 Å². The van der Waals surface area contributed by atoms with Crippen LogP contribution in [0.3, 0.4) is 0 Å².